The summed E-state index contributed by atoms with van der Waals surface area (Å²) in [5, 5.41) is 2.76. The van der Waals surface area contributed by atoms with Crippen molar-refractivity contribution < 1.29 is 14.3 Å². The first-order chi connectivity index (χ1) is 10.3. The molecule has 0 unspecified atom stereocenters. The summed E-state index contributed by atoms with van der Waals surface area (Å²) in [5.41, 5.74) is 1.13. The van der Waals surface area contributed by atoms with Gasteiger partial charge in [0.2, 0.25) is 5.91 Å². The average molecular weight is 306 g/mol. The third kappa shape index (κ3) is 6.16. The van der Waals surface area contributed by atoms with E-state index in [4.69, 9.17) is 4.74 Å². The van der Waals surface area contributed by atoms with Crippen LogP contribution in [-0.2, 0) is 9.59 Å². The molecule has 0 fully saturated rings. The van der Waals surface area contributed by atoms with Gasteiger partial charge in [-0.05, 0) is 31.4 Å². The summed E-state index contributed by atoms with van der Waals surface area (Å²) >= 11 is 0. The Labute approximate surface area is 132 Å². The molecule has 1 rings (SSSR count). The first kappa shape index (κ1) is 18.0. The molecule has 0 heterocycles. The predicted octanol–water partition coefficient (Wildman–Crippen LogP) is 1.99. The molecule has 0 saturated heterocycles. The van der Waals surface area contributed by atoms with Crippen LogP contribution >= 0.6 is 0 Å². The number of likely N-dealkylation sites (N-methyl/N-ethyl adjacent to an activating group) is 1. The number of amides is 2. The summed E-state index contributed by atoms with van der Waals surface area (Å²) in [6, 6.07) is 6.97. The number of carbonyl (C=O) groups is 2. The average Bonchev–Trinajstić information content (AvgIpc) is 2.44. The van der Waals surface area contributed by atoms with E-state index in [0.717, 1.165) is 5.56 Å². The maximum Gasteiger partial charge on any atom is 0.258 e. The lowest BCUT2D eigenvalue weighted by molar-refractivity contribution is -0.135. The van der Waals surface area contributed by atoms with Gasteiger partial charge in [-0.3, -0.25) is 9.59 Å². The van der Waals surface area contributed by atoms with Crippen molar-refractivity contribution in [1.82, 2.24) is 10.2 Å². The van der Waals surface area contributed by atoms with Crippen LogP contribution in [0.3, 0.4) is 0 Å². The van der Waals surface area contributed by atoms with Gasteiger partial charge >= 0.3 is 0 Å². The summed E-state index contributed by atoms with van der Waals surface area (Å²) in [6.07, 6.45) is 0.604. The van der Waals surface area contributed by atoms with Crippen LogP contribution in [0.2, 0.25) is 0 Å². The number of benzene rings is 1. The second-order valence-electron chi connectivity index (χ2n) is 6.08. The van der Waals surface area contributed by atoms with Gasteiger partial charge in [0.05, 0.1) is 0 Å². The number of hydrogen-bond donors (Lipinski definition) is 1. The van der Waals surface area contributed by atoms with Crippen LogP contribution in [0.25, 0.3) is 0 Å². The molecule has 22 heavy (non-hydrogen) atoms. The Morgan fingerprint density at radius 1 is 1.18 bits per heavy atom. The van der Waals surface area contributed by atoms with Gasteiger partial charge < -0.3 is 15.0 Å². The van der Waals surface area contributed by atoms with Gasteiger partial charge in [-0.2, -0.15) is 0 Å². The van der Waals surface area contributed by atoms with E-state index in [1.807, 2.05) is 45.0 Å². The molecule has 5 heteroatoms. The zero-order valence-electron chi connectivity index (χ0n) is 14.1. The zero-order chi connectivity index (χ0) is 16.7. The maximum atomic E-state index is 12.1. The van der Waals surface area contributed by atoms with Gasteiger partial charge in [-0.1, -0.05) is 31.5 Å². The van der Waals surface area contributed by atoms with E-state index >= 15 is 0 Å². The topological polar surface area (TPSA) is 58.6 Å². The Morgan fingerprint density at radius 2 is 1.77 bits per heavy atom. The van der Waals surface area contributed by atoms with E-state index < -0.39 is 6.04 Å². The number of nitrogens with one attached hydrogen (secondary N) is 1. The monoisotopic (exact) mass is 306 g/mol. The molecule has 0 aliphatic heterocycles. The van der Waals surface area contributed by atoms with Crippen LogP contribution in [-0.4, -0.2) is 43.5 Å². The minimum atomic E-state index is -0.510. The van der Waals surface area contributed by atoms with E-state index in [2.05, 4.69) is 5.32 Å². The van der Waals surface area contributed by atoms with Crippen LogP contribution in [0.4, 0.5) is 0 Å². The SMILES string of the molecule is Cc1ccc(OCC(=O)N[C@@H](CC(C)C)C(=O)N(C)C)cc1. The van der Waals surface area contributed by atoms with Crippen molar-refractivity contribution >= 4 is 11.8 Å². The van der Waals surface area contributed by atoms with Gasteiger partial charge in [0, 0.05) is 14.1 Å². The van der Waals surface area contributed by atoms with Crippen LogP contribution in [0.15, 0.2) is 24.3 Å². The van der Waals surface area contributed by atoms with Crippen LogP contribution in [0, 0.1) is 12.8 Å². The molecule has 0 radical (unpaired) electrons. The van der Waals surface area contributed by atoms with E-state index in [0.29, 0.717) is 18.1 Å². The standard InChI is InChI=1S/C17H26N2O3/c1-12(2)10-15(17(21)19(4)5)18-16(20)11-22-14-8-6-13(3)7-9-14/h6-9,12,15H,10-11H2,1-5H3,(H,18,20)/t15-/m0/s1. The number of hydrogen-bond acceptors (Lipinski definition) is 3. The lowest BCUT2D eigenvalue weighted by atomic mass is 10.0. The number of ether oxygens (including phenoxy) is 1. The Hall–Kier alpha value is -2.04. The van der Waals surface area contributed by atoms with Gasteiger partial charge in [0.1, 0.15) is 11.8 Å². The van der Waals surface area contributed by atoms with E-state index in [1.54, 1.807) is 14.1 Å². The van der Waals surface area contributed by atoms with Crippen molar-refractivity contribution in [3.63, 3.8) is 0 Å². The van der Waals surface area contributed by atoms with E-state index in [9.17, 15) is 9.59 Å². The van der Waals surface area contributed by atoms with Crippen molar-refractivity contribution in [3.05, 3.63) is 29.8 Å². The molecule has 0 bridgehead atoms. The van der Waals surface area contributed by atoms with E-state index in [1.165, 1.54) is 4.90 Å². The molecule has 0 spiro atoms. The van der Waals surface area contributed by atoms with Crippen molar-refractivity contribution in [3.8, 4) is 5.75 Å². The highest BCUT2D eigenvalue weighted by Crippen LogP contribution is 2.11. The second-order valence-corrected chi connectivity index (χ2v) is 6.08. The molecule has 0 aliphatic rings. The fourth-order valence-corrected chi connectivity index (χ4v) is 2.02. The molecule has 1 aromatic carbocycles. The highest BCUT2D eigenvalue weighted by Gasteiger charge is 2.23. The third-order valence-corrected chi connectivity index (χ3v) is 3.17. The van der Waals surface area contributed by atoms with Crippen LogP contribution in [0.5, 0.6) is 5.75 Å². The fraction of sp³-hybridized carbons (Fsp3) is 0.529. The maximum absolute atomic E-state index is 12.1. The molecular weight excluding hydrogens is 280 g/mol. The highest BCUT2D eigenvalue weighted by molar-refractivity contribution is 5.87. The van der Waals surface area contributed by atoms with Gasteiger partial charge in [-0.15, -0.1) is 0 Å². The minimum Gasteiger partial charge on any atom is -0.484 e. The highest BCUT2D eigenvalue weighted by atomic mass is 16.5. The second kappa shape index (κ2) is 8.41. The molecule has 0 aromatic heterocycles. The first-order valence-corrected chi connectivity index (χ1v) is 7.49. The third-order valence-electron chi connectivity index (χ3n) is 3.17. The molecule has 0 saturated carbocycles. The molecule has 1 atom stereocenters. The zero-order valence-corrected chi connectivity index (χ0v) is 14.1. The van der Waals surface area contributed by atoms with Crippen molar-refractivity contribution in [2.45, 2.75) is 33.2 Å². The first-order valence-electron chi connectivity index (χ1n) is 7.49. The summed E-state index contributed by atoms with van der Waals surface area (Å²) < 4.78 is 5.43. The molecular formula is C17H26N2O3. The number of aryl methyl sites for hydroxylation is 1. The molecule has 0 aliphatic carbocycles. The van der Waals surface area contributed by atoms with Gasteiger partial charge in [-0.25, -0.2) is 0 Å². The molecule has 1 aromatic rings. The quantitative estimate of drug-likeness (QED) is 0.838. The smallest absolute Gasteiger partial charge is 0.258 e. The van der Waals surface area contributed by atoms with Crippen LogP contribution < -0.4 is 10.1 Å². The normalized spacial score (nSPS) is 11.9. The van der Waals surface area contributed by atoms with E-state index in [-0.39, 0.29) is 18.4 Å². The van der Waals surface area contributed by atoms with Crippen molar-refractivity contribution in [1.29, 1.82) is 0 Å². The fourth-order valence-electron chi connectivity index (χ4n) is 2.02. The number of carbonyl (C=O) groups excluding carboxylic acids is 2. The van der Waals surface area contributed by atoms with Crippen molar-refractivity contribution in [2.24, 2.45) is 5.92 Å². The van der Waals surface area contributed by atoms with Gasteiger partial charge in [0.25, 0.3) is 5.91 Å². The number of nitrogens with zero attached hydrogens (tertiary/aromatic N) is 1. The van der Waals surface area contributed by atoms with Crippen molar-refractivity contribution in [2.75, 3.05) is 20.7 Å². The summed E-state index contributed by atoms with van der Waals surface area (Å²) in [6.45, 7) is 5.92. The molecule has 122 valence electrons. The Balaban J connectivity index is 2.55. The number of rotatable bonds is 7. The Bertz CT molecular complexity index is 495. The Kier molecular flexibility index (Phi) is 6.89. The molecule has 1 N–H and O–H groups in total. The summed E-state index contributed by atoms with van der Waals surface area (Å²) in [7, 11) is 3.37. The summed E-state index contributed by atoms with van der Waals surface area (Å²) in [4.78, 5) is 25.6. The Morgan fingerprint density at radius 3 is 2.27 bits per heavy atom. The summed E-state index contributed by atoms with van der Waals surface area (Å²) in [5.74, 6) is 0.561. The largest absolute Gasteiger partial charge is 0.484 e. The van der Waals surface area contributed by atoms with Gasteiger partial charge in [0.15, 0.2) is 6.61 Å². The minimum absolute atomic E-state index is 0.0988. The van der Waals surface area contributed by atoms with Crippen LogP contribution in [0.1, 0.15) is 25.8 Å². The molecule has 5 nitrogen and oxygen atoms in total. The lowest BCUT2D eigenvalue weighted by Gasteiger charge is -2.23. The predicted molar refractivity (Wildman–Crippen MR) is 86.8 cm³/mol. The molecule has 2 amide bonds. The lowest BCUT2D eigenvalue weighted by Crippen LogP contribution is -2.48.